The van der Waals surface area contributed by atoms with Gasteiger partial charge >= 0.3 is 0 Å². The van der Waals surface area contributed by atoms with E-state index in [0.717, 1.165) is 66.0 Å². The Labute approximate surface area is 275 Å². The number of ether oxygens (including phenoxy) is 1. The smallest absolute Gasteiger partial charge is 0.291 e. The second-order valence-electron chi connectivity index (χ2n) is 13.2. The topological polar surface area (TPSA) is 58.6 Å². The number of ketones is 1. The first-order valence-electron chi connectivity index (χ1n) is 16.6. The van der Waals surface area contributed by atoms with Crippen molar-refractivity contribution in [3.8, 4) is 11.5 Å². The molecule has 3 aliphatic rings. The summed E-state index contributed by atoms with van der Waals surface area (Å²) in [6, 6.07) is 16.6. The maximum atomic E-state index is 13.8. The highest BCUT2D eigenvalue weighted by Gasteiger charge is 2.29. The highest BCUT2D eigenvalue weighted by molar-refractivity contribution is 5.98. The molecule has 2 aliphatic carbocycles. The molecule has 7 heteroatoms. The number of rotatable bonds is 11. The second-order valence-corrected chi connectivity index (χ2v) is 13.2. The molecule has 244 valence electrons. The maximum absolute atomic E-state index is 13.8. The summed E-state index contributed by atoms with van der Waals surface area (Å²) < 4.78 is 33.4. The summed E-state index contributed by atoms with van der Waals surface area (Å²) in [5.41, 5.74) is 3.14. The Morgan fingerprint density at radius 1 is 0.936 bits per heavy atom. The minimum Gasteiger partial charge on any atom is -0.457 e. The molecule has 0 saturated heterocycles. The minimum absolute atomic E-state index is 0.00407. The van der Waals surface area contributed by atoms with Crippen LogP contribution in [-0.2, 0) is 5.92 Å². The lowest BCUT2D eigenvalue weighted by Gasteiger charge is -2.33. The number of alkyl halides is 2. The quantitative estimate of drug-likeness (QED) is 0.174. The van der Waals surface area contributed by atoms with Crippen LogP contribution in [-0.4, -0.2) is 29.7 Å². The summed E-state index contributed by atoms with van der Waals surface area (Å²) in [5.74, 6) is -0.976. The van der Waals surface area contributed by atoms with Gasteiger partial charge in [0.25, 0.3) is 11.8 Å². The molecule has 0 spiro atoms. The Hall–Kier alpha value is -4.52. The average Bonchev–Trinajstić information content (AvgIpc) is 3.05. The highest BCUT2D eigenvalue weighted by atomic mass is 19.3. The fourth-order valence-corrected chi connectivity index (χ4v) is 6.80. The zero-order valence-corrected chi connectivity index (χ0v) is 26.9. The zero-order valence-electron chi connectivity index (χ0n) is 26.9. The number of carbonyl (C=O) groups excluding carboxylic acids is 2. The van der Waals surface area contributed by atoms with Gasteiger partial charge < -0.3 is 15.0 Å². The van der Waals surface area contributed by atoms with Crippen molar-refractivity contribution in [2.45, 2.75) is 57.8 Å². The molecule has 47 heavy (non-hydrogen) atoms. The van der Waals surface area contributed by atoms with E-state index in [0.29, 0.717) is 35.0 Å². The number of hydrogen-bond donors (Lipinski definition) is 1. The third kappa shape index (κ3) is 7.24. The summed E-state index contributed by atoms with van der Waals surface area (Å²) in [6.07, 6.45) is 12.1. The molecule has 0 bridgehead atoms. The van der Waals surface area contributed by atoms with Gasteiger partial charge in [-0.3, -0.25) is 9.59 Å². The molecule has 6 rings (SSSR count). The van der Waals surface area contributed by atoms with Gasteiger partial charge in [0.15, 0.2) is 5.78 Å². The zero-order chi connectivity index (χ0) is 33.1. The third-order valence-corrected chi connectivity index (χ3v) is 10.1. The molecule has 0 aromatic heterocycles. The molecule has 0 atom stereocenters. The number of Topliss-reactive ketones (excluding diaryl/α,β-unsaturated/α-hetero) is 1. The Morgan fingerprint density at radius 2 is 1.60 bits per heavy atom. The first-order chi connectivity index (χ1) is 22.6. The van der Waals surface area contributed by atoms with E-state index >= 15 is 0 Å². The van der Waals surface area contributed by atoms with Crippen molar-refractivity contribution in [1.29, 1.82) is 0 Å². The summed E-state index contributed by atoms with van der Waals surface area (Å²) >= 11 is 0. The van der Waals surface area contributed by atoms with E-state index in [4.69, 9.17) is 4.74 Å². The Bertz CT molecular complexity index is 1780. The number of halogens is 2. The molecular formula is C40H42F2N2O3. The summed E-state index contributed by atoms with van der Waals surface area (Å²) in [7, 11) is 0. The van der Waals surface area contributed by atoms with Crippen molar-refractivity contribution in [1.82, 2.24) is 10.2 Å². The number of allylic oxidation sites excluding steroid dienone is 2. The van der Waals surface area contributed by atoms with Crippen LogP contribution in [0.5, 0.6) is 11.5 Å². The predicted molar refractivity (Wildman–Crippen MR) is 182 cm³/mol. The molecule has 3 aromatic rings. The van der Waals surface area contributed by atoms with E-state index in [-0.39, 0.29) is 23.2 Å². The maximum Gasteiger partial charge on any atom is 0.291 e. The predicted octanol–water partition coefficient (Wildman–Crippen LogP) is 7.63. The molecule has 3 aromatic carbocycles. The van der Waals surface area contributed by atoms with E-state index in [9.17, 15) is 18.4 Å². The fourth-order valence-electron chi connectivity index (χ4n) is 6.80. The molecule has 5 nitrogen and oxygen atoms in total. The van der Waals surface area contributed by atoms with Crippen LogP contribution in [0.4, 0.5) is 8.78 Å². The lowest BCUT2D eigenvalue weighted by molar-refractivity contribution is 0.0525. The largest absolute Gasteiger partial charge is 0.457 e. The SMILES string of the molecule is C=CC(F)(F)c1ccc(Oc2ccc(C(=O)C3CCC(CN4C=c5c(C)c(C(=O)NCC6CCC6)ccc5=CC4=C)CC3)cc2)cc1. The van der Waals surface area contributed by atoms with Crippen molar-refractivity contribution < 1.29 is 23.1 Å². The Morgan fingerprint density at radius 3 is 2.21 bits per heavy atom. The van der Waals surface area contributed by atoms with E-state index < -0.39 is 5.92 Å². The van der Waals surface area contributed by atoms with Gasteiger partial charge in [0.05, 0.1) is 0 Å². The summed E-state index contributed by atoms with van der Waals surface area (Å²) in [6.45, 7) is 11.1. The molecule has 1 aliphatic heterocycles. The molecule has 1 amide bonds. The number of nitrogens with one attached hydrogen (secondary N) is 1. The molecule has 0 unspecified atom stereocenters. The Balaban J connectivity index is 1.03. The van der Waals surface area contributed by atoms with Crippen LogP contribution in [0.1, 0.15) is 76.8 Å². The van der Waals surface area contributed by atoms with Gasteiger partial charge in [0, 0.05) is 52.8 Å². The van der Waals surface area contributed by atoms with E-state index in [1.807, 2.05) is 19.1 Å². The first kappa shape index (κ1) is 32.4. The van der Waals surface area contributed by atoms with Gasteiger partial charge in [-0.1, -0.05) is 25.6 Å². The number of benzene rings is 3. The third-order valence-electron chi connectivity index (χ3n) is 10.1. The average molecular weight is 637 g/mol. The fraction of sp³-hybridized carbons (Fsp3) is 0.350. The number of carbonyl (C=O) groups is 2. The van der Waals surface area contributed by atoms with Gasteiger partial charge in [-0.05, 0) is 135 Å². The van der Waals surface area contributed by atoms with Crippen molar-refractivity contribution in [2.24, 2.45) is 17.8 Å². The first-order valence-corrected chi connectivity index (χ1v) is 16.6. The monoisotopic (exact) mass is 636 g/mol. The molecular weight excluding hydrogens is 594 g/mol. The summed E-state index contributed by atoms with van der Waals surface area (Å²) in [4.78, 5) is 28.5. The van der Waals surface area contributed by atoms with Crippen molar-refractivity contribution in [2.75, 3.05) is 13.1 Å². The second kappa shape index (κ2) is 13.7. The number of amides is 1. The van der Waals surface area contributed by atoms with Crippen LogP contribution >= 0.6 is 0 Å². The van der Waals surface area contributed by atoms with Crippen LogP contribution in [0.25, 0.3) is 12.3 Å². The van der Waals surface area contributed by atoms with Crippen LogP contribution < -0.4 is 20.5 Å². The van der Waals surface area contributed by atoms with Crippen molar-refractivity contribution >= 4 is 24.0 Å². The normalized spacial score (nSPS) is 19.5. The standard InChI is InChI=1S/C40H42F2N2O3/c1-4-40(41,42)33-15-19-35(20-16-33)47-34-17-12-31(13-18-34)38(45)30-10-8-29(9-11-30)24-44-25-37-27(3)36(21-14-32(37)22-26(44)2)39(46)43-23-28-6-5-7-28/h4,12-22,25,28-30H,1-2,5-11,23-24H2,3H3,(H,43,46). The van der Waals surface area contributed by atoms with E-state index in [1.54, 1.807) is 24.3 Å². The van der Waals surface area contributed by atoms with Crippen molar-refractivity contribution in [3.05, 3.63) is 118 Å². The summed E-state index contributed by atoms with van der Waals surface area (Å²) in [5, 5.41) is 5.27. The minimum atomic E-state index is -3.09. The van der Waals surface area contributed by atoms with E-state index in [1.165, 1.54) is 43.5 Å². The van der Waals surface area contributed by atoms with Gasteiger partial charge in [-0.25, -0.2) is 0 Å². The molecule has 1 heterocycles. The van der Waals surface area contributed by atoms with Crippen LogP contribution in [0.3, 0.4) is 0 Å². The van der Waals surface area contributed by atoms with Gasteiger partial charge in [-0.15, -0.1) is 0 Å². The molecule has 2 fully saturated rings. The molecule has 0 radical (unpaired) electrons. The van der Waals surface area contributed by atoms with Gasteiger partial charge in [-0.2, -0.15) is 8.78 Å². The van der Waals surface area contributed by atoms with Crippen LogP contribution in [0.2, 0.25) is 0 Å². The number of hydrogen-bond acceptors (Lipinski definition) is 4. The lowest BCUT2D eigenvalue weighted by atomic mass is 9.78. The van der Waals surface area contributed by atoms with Crippen LogP contribution in [0, 0.1) is 24.7 Å². The molecule has 1 N–H and O–H groups in total. The number of fused-ring (bicyclic) bond motifs is 1. The number of nitrogens with zero attached hydrogens (tertiary/aromatic N) is 1. The highest BCUT2D eigenvalue weighted by Crippen LogP contribution is 2.34. The van der Waals surface area contributed by atoms with E-state index in [2.05, 4.69) is 35.7 Å². The lowest BCUT2D eigenvalue weighted by Crippen LogP contribution is -2.40. The van der Waals surface area contributed by atoms with Gasteiger partial charge in [0.2, 0.25) is 0 Å². The van der Waals surface area contributed by atoms with Crippen LogP contribution in [0.15, 0.2) is 85.6 Å². The van der Waals surface area contributed by atoms with Crippen molar-refractivity contribution in [3.63, 3.8) is 0 Å². The van der Waals surface area contributed by atoms with Gasteiger partial charge in [0.1, 0.15) is 11.5 Å². The molecule has 2 saturated carbocycles. The Kier molecular flexibility index (Phi) is 9.44.